The summed E-state index contributed by atoms with van der Waals surface area (Å²) in [6, 6.07) is 29.3. The molecule has 0 heterocycles. The summed E-state index contributed by atoms with van der Waals surface area (Å²) < 4.78 is 35.1. The topological polar surface area (TPSA) is 96.0 Å². The number of rotatable bonds is 13. The van der Waals surface area contributed by atoms with Crippen LogP contribution >= 0.6 is 0 Å². The molecule has 1 atom stereocenters. The molecule has 0 saturated carbocycles. The minimum absolute atomic E-state index is 0.0323. The van der Waals surface area contributed by atoms with Gasteiger partial charge in [-0.25, -0.2) is 8.42 Å². The normalized spacial score (nSPS) is 12.0. The molecule has 236 valence electrons. The number of carbonyl (C=O) groups excluding carboxylic acids is 2. The molecule has 0 aliphatic rings. The Morgan fingerprint density at radius 2 is 1.40 bits per heavy atom. The lowest BCUT2D eigenvalue weighted by Crippen LogP contribution is -2.54. The third-order valence-corrected chi connectivity index (χ3v) is 9.16. The van der Waals surface area contributed by atoms with Crippen molar-refractivity contribution >= 4 is 27.5 Å². The highest BCUT2D eigenvalue weighted by atomic mass is 32.2. The largest absolute Gasteiger partial charge is 0.495 e. The Hall–Kier alpha value is -4.63. The predicted molar refractivity (Wildman–Crippen MR) is 178 cm³/mol. The molecule has 0 aliphatic heterocycles. The van der Waals surface area contributed by atoms with Gasteiger partial charge in [0.2, 0.25) is 11.8 Å². The highest BCUT2D eigenvalue weighted by molar-refractivity contribution is 7.92. The molecule has 1 unspecified atom stereocenters. The van der Waals surface area contributed by atoms with E-state index in [2.05, 4.69) is 5.32 Å². The fraction of sp³-hybridized carbons (Fsp3) is 0.278. The van der Waals surface area contributed by atoms with Crippen LogP contribution in [0.25, 0.3) is 0 Å². The Morgan fingerprint density at radius 3 is 2.00 bits per heavy atom. The van der Waals surface area contributed by atoms with E-state index in [1.807, 2.05) is 88.4 Å². The van der Waals surface area contributed by atoms with Gasteiger partial charge in [0.1, 0.15) is 18.3 Å². The molecule has 4 aromatic rings. The highest BCUT2D eigenvalue weighted by Gasteiger charge is 2.35. The second-order valence-corrected chi connectivity index (χ2v) is 13.2. The van der Waals surface area contributed by atoms with Crippen LogP contribution in [0.5, 0.6) is 5.75 Å². The van der Waals surface area contributed by atoms with Crippen molar-refractivity contribution in [1.29, 1.82) is 0 Å². The SMILES string of the molecule is COc1ccc(C)cc1N(CC(=O)N(Cc1ccc(C)cc1)C(Cc1ccccc1)C(=O)NC(C)C)S(=O)(=O)c1ccccc1. The van der Waals surface area contributed by atoms with Crippen molar-refractivity contribution in [2.45, 2.75) is 57.6 Å². The number of benzene rings is 4. The fourth-order valence-corrected chi connectivity index (χ4v) is 6.49. The minimum Gasteiger partial charge on any atom is -0.495 e. The first-order chi connectivity index (χ1) is 21.5. The van der Waals surface area contributed by atoms with Gasteiger partial charge in [0, 0.05) is 19.0 Å². The maximum atomic E-state index is 14.6. The van der Waals surface area contributed by atoms with Crippen molar-refractivity contribution in [2.75, 3.05) is 18.0 Å². The van der Waals surface area contributed by atoms with Crippen molar-refractivity contribution in [3.05, 3.63) is 125 Å². The average molecular weight is 628 g/mol. The molecule has 9 heteroatoms. The van der Waals surface area contributed by atoms with Crippen LogP contribution in [0.3, 0.4) is 0 Å². The lowest BCUT2D eigenvalue weighted by atomic mass is 10.0. The molecule has 1 N–H and O–H groups in total. The van der Waals surface area contributed by atoms with E-state index in [1.165, 1.54) is 24.1 Å². The molecule has 8 nitrogen and oxygen atoms in total. The van der Waals surface area contributed by atoms with Gasteiger partial charge in [-0.1, -0.05) is 84.4 Å². The number of nitrogens with one attached hydrogen (secondary N) is 1. The summed E-state index contributed by atoms with van der Waals surface area (Å²) in [5.41, 5.74) is 3.77. The first-order valence-corrected chi connectivity index (χ1v) is 16.4. The van der Waals surface area contributed by atoms with Gasteiger partial charge in [0.05, 0.1) is 17.7 Å². The first-order valence-electron chi connectivity index (χ1n) is 14.9. The molecular weight excluding hydrogens is 586 g/mol. The maximum Gasteiger partial charge on any atom is 0.264 e. The zero-order valence-corrected chi connectivity index (χ0v) is 27.3. The minimum atomic E-state index is -4.23. The molecule has 2 amide bonds. The quantitative estimate of drug-likeness (QED) is 0.206. The van der Waals surface area contributed by atoms with Gasteiger partial charge in [-0.15, -0.1) is 0 Å². The van der Waals surface area contributed by atoms with E-state index in [-0.39, 0.29) is 35.5 Å². The lowest BCUT2D eigenvalue weighted by Gasteiger charge is -2.34. The predicted octanol–water partition coefficient (Wildman–Crippen LogP) is 5.67. The number of ether oxygens (including phenoxy) is 1. The van der Waals surface area contributed by atoms with Crippen LogP contribution in [-0.4, -0.2) is 50.9 Å². The molecule has 45 heavy (non-hydrogen) atoms. The van der Waals surface area contributed by atoms with E-state index in [0.29, 0.717) is 5.75 Å². The molecular formula is C36H41N3O5S. The van der Waals surface area contributed by atoms with E-state index in [1.54, 1.807) is 30.3 Å². The summed E-state index contributed by atoms with van der Waals surface area (Å²) in [5, 5.41) is 2.98. The Kier molecular flexibility index (Phi) is 11.0. The van der Waals surface area contributed by atoms with Gasteiger partial charge in [0.25, 0.3) is 10.0 Å². The summed E-state index contributed by atoms with van der Waals surface area (Å²) in [6.07, 6.45) is 0.246. The molecule has 0 saturated heterocycles. The van der Waals surface area contributed by atoms with Gasteiger partial charge in [0.15, 0.2) is 0 Å². The van der Waals surface area contributed by atoms with Crippen molar-refractivity contribution in [3.63, 3.8) is 0 Å². The van der Waals surface area contributed by atoms with E-state index in [4.69, 9.17) is 4.74 Å². The molecule has 4 rings (SSSR count). The Labute approximate surface area is 266 Å². The number of anilines is 1. The summed E-state index contributed by atoms with van der Waals surface area (Å²) in [7, 11) is -2.77. The van der Waals surface area contributed by atoms with Crippen LogP contribution in [-0.2, 0) is 32.6 Å². The molecule has 4 aromatic carbocycles. The Balaban J connectivity index is 1.84. The summed E-state index contributed by atoms with van der Waals surface area (Å²) >= 11 is 0. The van der Waals surface area contributed by atoms with Gasteiger partial charge >= 0.3 is 0 Å². The summed E-state index contributed by atoms with van der Waals surface area (Å²) in [6.45, 7) is 7.09. The maximum absolute atomic E-state index is 14.6. The van der Waals surface area contributed by atoms with Crippen LogP contribution in [0.1, 0.15) is 36.1 Å². The number of amides is 2. The zero-order valence-electron chi connectivity index (χ0n) is 26.4. The van der Waals surface area contributed by atoms with Gasteiger partial charge in [-0.05, 0) is 68.7 Å². The number of hydrogen-bond acceptors (Lipinski definition) is 5. The second-order valence-electron chi connectivity index (χ2n) is 11.4. The van der Waals surface area contributed by atoms with Gasteiger partial charge in [-0.3, -0.25) is 13.9 Å². The summed E-state index contributed by atoms with van der Waals surface area (Å²) in [5.74, 6) is -0.547. The molecule has 0 aliphatic carbocycles. The third-order valence-electron chi connectivity index (χ3n) is 7.39. The van der Waals surface area contributed by atoms with Crippen LogP contribution in [0.4, 0.5) is 5.69 Å². The van der Waals surface area contributed by atoms with Crippen molar-refractivity contribution in [1.82, 2.24) is 10.2 Å². The van der Waals surface area contributed by atoms with E-state index in [0.717, 1.165) is 26.6 Å². The lowest BCUT2D eigenvalue weighted by molar-refractivity contribution is -0.140. The van der Waals surface area contributed by atoms with Crippen molar-refractivity contribution in [2.24, 2.45) is 0 Å². The number of carbonyl (C=O) groups is 2. The average Bonchev–Trinajstić information content (AvgIpc) is 3.02. The van der Waals surface area contributed by atoms with Crippen molar-refractivity contribution < 1.29 is 22.7 Å². The summed E-state index contributed by atoms with van der Waals surface area (Å²) in [4.78, 5) is 29.9. The van der Waals surface area contributed by atoms with Crippen LogP contribution in [0.15, 0.2) is 108 Å². The van der Waals surface area contributed by atoms with E-state index in [9.17, 15) is 18.0 Å². The van der Waals surface area contributed by atoms with Gasteiger partial charge in [-0.2, -0.15) is 0 Å². The number of sulfonamides is 1. The zero-order chi connectivity index (χ0) is 32.6. The number of methoxy groups -OCH3 is 1. The standard InChI is InChI=1S/C36H41N3O5S/c1-26(2)37-36(41)33(23-29-12-8-6-9-13-29)38(24-30-19-16-27(3)17-20-30)35(40)25-39(32-22-28(4)18-21-34(32)44-5)45(42,43)31-14-10-7-11-15-31/h6-22,26,33H,23-25H2,1-5H3,(H,37,41). The number of nitrogens with zero attached hydrogens (tertiary/aromatic N) is 2. The van der Waals surface area contributed by atoms with Crippen LogP contribution in [0, 0.1) is 13.8 Å². The Bertz CT molecular complexity index is 1690. The van der Waals surface area contributed by atoms with Crippen LogP contribution in [0.2, 0.25) is 0 Å². The highest BCUT2D eigenvalue weighted by Crippen LogP contribution is 2.34. The molecule has 0 spiro atoms. The van der Waals surface area contributed by atoms with E-state index < -0.39 is 28.5 Å². The van der Waals surface area contributed by atoms with Crippen molar-refractivity contribution in [3.8, 4) is 5.75 Å². The second kappa shape index (κ2) is 14.9. The number of aryl methyl sites for hydroxylation is 2. The smallest absolute Gasteiger partial charge is 0.264 e. The molecule has 0 aromatic heterocycles. The van der Waals surface area contributed by atoms with Gasteiger partial charge < -0.3 is 15.0 Å². The van der Waals surface area contributed by atoms with E-state index >= 15 is 0 Å². The first kappa shape index (κ1) is 33.3. The molecule has 0 radical (unpaired) electrons. The molecule has 0 bridgehead atoms. The fourth-order valence-electron chi connectivity index (χ4n) is 5.05. The monoisotopic (exact) mass is 627 g/mol. The number of hydrogen-bond donors (Lipinski definition) is 1. The third kappa shape index (κ3) is 8.51. The van der Waals surface area contributed by atoms with Crippen LogP contribution < -0.4 is 14.4 Å². The molecule has 0 fully saturated rings. The Morgan fingerprint density at radius 1 is 0.800 bits per heavy atom.